The number of halogens is 1. The highest BCUT2D eigenvalue weighted by atomic mass is 35.5. The van der Waals surface area contributed by atoms with Gasteiger partial charge in [0, 0.05) is 32.4 Å². The smallest absolute Gasteiger partial charge is 0.136 e. The maximum Gasteiger partial charge on any atom is 0.136 e. The molecule has 1 aromatic carbocycles. The van der Waals surface area contributed by atoms with Gasteiger partial charge in [-0.25, -0.2) is 4.98 Å². The van der Waals surface area contributed by atoms with E-state index >= 15 is 0 Å². The van der Waals surface area contributed by atoms with Crippen LogP contribution in [-0.2, 0) is 13.0 Å². The van der Waals surface area contributed by atoms with Crippen LogP contribution >= 0.6 is 12.4 Å². The maximum absolute atomic E-state index is 5.80. The molecule has 0 unspecified atom stereocenters. The number of aromatic nitrogens is 2. The van der Waals surface area contributed by atoms with Crippen molar-refractivity contribution in [1.29, 1.82) is 0 Å². The summed E-state index contributed by atoms with van der Waals surface area (Å²) < 4.78 is 2.18. The minimum atomic E-state index is 0. The van der Waals surface area contributed by atoms with Gasteiger partial charge in [0.1, 0.15) is 5.65 Å². The molecule has 0 radical (unpaired) electrons. The van der Waals surface area contributed by atoms with E-state index in [0.29, 0.717) is 6.54 Å². The van der Waals surface area contributed by atoms with Gasteiger partial charge in [0.15, 0.2) is 0 Å². The molecule has 2 aromatic heterocycles. The third kappa shape index (κ3) is 4.57. The average molecular weight is 345 g/mol. The Balaban J connectivity index is 0.00000208. The van der Waals surface area contributed by atoms with Crippen LogP contribution < -0.4 is 5.73 Å². The first-order valence-corrected chi connectivity index (χ1v) is 8.15. The molecule has 0 saturated heterocycles. The average Bonchev–Trinajstić information content (AvgIpc) is 2.96. The van der Waals surface area contributed by atoms with Crippen LogP contribution in [-0.4, -0.2) is 33.9 Å². The molecule has 3 aromatic rings. The van der Waals surface area contributed by atoms with Crippen molar-refractivity contribution < 1.29 is 0 Å². The molecule has 0 fully saturated rings. The van der Waals surface area contributed by atoms with Gasteiger partial charge in [-0.3, -0.25) is 4.90 Å². The van der Waals surface area contributed by atoms with E-state index in [1.54, 1.807) is 0 Å². The number of rotatable bonds is 7. The Labute approximate surface area is 149 Å². The minimum absolute atomic E-state index is 0. The van der Waals surface area contributed by atoms with Gasteiger partial charge in [0.25, 0.3) is 0 Å². The lowest BCUT2D eigenvalue weighted by atomic mass is 10.1. The SMILES string of the molecule is Cc1ccc2ncc(CN(CCN)CCc3ccccc3)n2c1.Cl. The number of imidazole rings is 1. The molecule has 3 rings (SSSR count). The summed E-state index contributed by atoms with van der Waals surface area (Å²) in [4.78, 5) is 6.90. The Hall–Kier alpha value is -1.88. The quantitative estimate of drug-likeness (QED) is 0.716. The summed E-state index contributed by atoms with van der Waals surface area (Å²) in [5.41, 5.74) is 10.6. The van der Waals surface area contributed by atoms with Crippen molar-refractivity contribution in [2.75, 3.05) is 19.6 Å². The Morgan fingerprint density at radius 3 is 2.62 bits per heavy atom. The van der Waals surface area contributed by atoms with E-state index in [9.17, 15) is 0 Å². The largest absolute Gasteiger partial charge is 0.329 e. The molecule has 0 saturated carbocycles. The summed E-state index contributed by atoms with van der Waals surface area (Å²) in [6.07, 6.45) is 5.16. The lowest BCUT2D eigenvalue weighted by molar-refractivity contribution is 0.272. The Bertz CT molecular complexity index is 754. The summed E-state index contributed by atoms with van der Waals surface area (Å²) in [6.45, 7) is 5.54. The monoisotopic (exact) mass is 344 g/mol. The zero-order valence-corrected chi connectivity index (χ0v) is 14.9. The standard InChI is InChI=1S/C19H24N4.ClH/c1-16-7-8-19-21-13-18(23(19)14-16)15-22(12-10-20)11-9-17-5-3-2-4-6-17;/h2-8,13-14H,9-12,15,20H2,1H3;1H. The molecular weight excluding hydrogens is 320 g/mol. The molecule has 5 heteroatoms. The normalized spacial score (nSPS) is 11.0. The van der Waals surface area contributed by atoms with E-state index in [1.807, 2.05) is 6.20 Å². The van der Waals surface area contributed by atoms with E-state index in [1.165, 1.54) is 16.8 Å². The highest BCUT2D eigenvalue weighted by Gasteiger charge is 2.10. The second-order valence-corrected chi connectivity index (χ2v) is 5.98. The number of nitrogens with two attached hydrogens (primary N) is 1. The highest BCUT2D eigenvalue weighted by molar-refractivity contribution is 5.85. The topological polar surface area (TPSA) is 46.6 Å². The van der Waals surface area contributed by atoms with Gasteiger partial charge in [-0.2, -0.15) is 0 Å². The van der Waals surface area contributed by atoms with Crippen molar-refractivity contribution in [2.24, 2.45) is 5.73 Å². The molecule has 0 aliphatic heterocycles. The van der Waals surface area contributed by atoms with E-state index < -0.39 is 0 Å². The van der Waals surface area contributed by atoms with Crippen molar-refractivity contribution in [3.05, 3.63) is 71.7 Å². The van der Waals surface area contributed by atoms with Gasteiger partial charge in [-0.15, -0.1) is 12.4 Å². The van der Waals surface area contributed by atoms with Crippen molar-refractivity contribution in [1.82, 2.24) is 14.3 Å². The van der Waals surface area contributed by atoms with Gasteiger partial charge in [-0.05, 0) is 30.5 Å². The third-order valence-corrected chi connectivity index (χ3v) is 4.12. The second kappa shape index (κ2) is 8.83. The molecule has 0 aliphatic rings. The molecule has 2 N–H and O–H groups in total. The first kappa shape index (κ1) is 18.5. The summed E-state index contributed by atoms with van der Waals surface area (Å²) in [6, 6.07) is 14.8. The fourth-order valence-electron chi connectivity index (χ4n) is 2.87. The van der Waals surface area contributed by atoms with Crippen LogP contribution in [0.3, 0.4) is 0 Å². The van der Waals surface area contributed by atoms with Crippen LogP contribution in [0.2, 0.25) is 0 Å². The lowest BCUT2D eigenvalue weighted by Crippen LogP contribution is -2.31. The number of aryl methyl sites for hydroxylation is 1. The molecule has 0 spiro atoms. The Morgan fingerprint density at radius 1 is 1.08 bits per heavy atom. The van der Waals surface area contributed by atoms with Crippen molar-refractivity contribution in [3.63, 3.8) is 0 Å². The highest BCUT2D eigenvalue weighted by Crippen LogP contribution is 2.12. The zero-order chi connectivity index (χ0) is 16.1. The van der Waals surface area contributed by atoms with Gasteiger partial charge >= 0.3 is 0 Å². The predicted octanol–water partition coefficient (Wildman–Crippen LogP) is 3.07. The van der Waals surface area contributed by atoms with Gasteiger partial charge in [0.05, 0.1) is 11.9 Å². The lowest BCUT2D eigenvalue weighted by Gasteiger charge is -2.21. The van der Waals surface area contributed by atoms with Crippen LogP contribution in [0, 0.1) is 6.92 Å². The molecular formula is C19H25ClN4. The summed E-state index contributed by atoms with van der Waals surface area (Å²) in [5.74, 6) is 0. The summed E-state index contributed by atoms with van der Waals surface area (Å²) in [7, 11) is 0. The molecule has 24 heavy (non-hydrogen) atoms. The van der Waals surface area contributed by atoms with Crippen LogP contribution in [0.4, 0.5) is 0 Å². The Morgan fingerprint density at radius 2 is 1.88 bits per heavy atom. The number of hydrogen-bond acceptors (Lipinski definition) is 3. The molecule has 0 aliphatic carbocycles. The van der Waals surface area contributed by atoms with Crippen LogP contribution in [0.5, 0.6) is 0 Å². The van der Waals surface area contributed by atoms with Crippen LogP contribution in [0.25, 0.3) is 5.65 Å². The molecule has 0 atom stereocenters. The number of pyridine rings is 1. The second-order valence-electron chi connectivity index (χ2n) is 5.98. The maximum atomic E-state index is 5.80. The Kier molecular flexibility index (Phi) is 6.79. The number of fused-ring (bicyclic) bond motifs is 1. The molecule has 0 amide bonds. The van der Waals surface area contributed by atoms with Crippen LogP contribution in [0.15, 0.2) is 54.9 Å². The fraction of sp³-hybridized carbons (Fsp3) is 0.316. The van der Waals surface area contributed by atoms with Crippen molar-refractivity contribution in [2.45, 2.75) is 19.9 Å². The fourth-order valence-corrected chi connectivity index (χ4v) is 2.87. The number of hydrogen-bond donors (Lipinski definition) is 1. The first-order chi connectivity index (χ1) is 11.3. The predicted molar refractivity (Wildman–Crippen MR) is 102 cm³/mol. The third-order valence-electron chi connectivity index (χ3n) is 4.12. The van der Waals surface area contributed by atoms with Gasteiger partial charge in [-0.1, -0.05) is 36.4 Å². The molecule has 4 nitrogen and oxygen atoms in total. The minimum Gasteiger partial charge on any atom is -0.329 e. The number of nitrogens with zero attached hydrogens (tertiary/aromatic N) is 3. The van der Waals surface area contributed by atoms with Crippen molar-refractivity contribution >= 4 is 18.1 Å². The van der Waals surface area contributed by atoms with E-state index in [2.05, 4.69) is 69.9 Å². The van der Waals surface area contributed by atoms with E-state index in [4.69, 9.17) is 5.73 Å². The zero-order valence-electron chi connectivity index (χ0n) is 14.1. The summed E-state index contributed by atoms with van der Waals surface area (Å²) in [5, 5.41) is 0. The molecule has 128 valence electrons. The molecule has 0 bridgehead atoms. The first-order valence-electron chi connectivity index (χ1n) is 8.15. The van der Waals surface area contributed by atoms with Crippen molar-refractivity contribution in [3.8, 4) is 0 Å². The van der Waals surface area contributed by atoms with Gasteiger partial charge in [0.2, 0.25) is 0 Å². The summed E-state index contributed by atoms with van der Waals surface area (Å²) >= 11 is 0. The molecule has 2 heterocycles. The van der Waals surface area contributed by atoms with Crippen LogP contribution in [0.1, 0.15) is 16.8 Å². The van der Waals surface area contributed by atoms with E-state index in [0.717, 1.165) is 31.7 Å². The van der Waals surface area contributed by atoms with Gasteiger partial charge < -0.3 is 10.1 Å². The van der Waals surface area contributed by atoms with E-state index in [-0.39, 0.29) is 12.4 Å². The number of benzene rings is 1.